The summed E-state index contributed by atoms with van der Waals surface area (Å²) in [5.74, 6) is -0.653. The number of carbonyl (C=O) groups is 4. The van der Waals surface area contributed by atoms with Crippen LogP contribution < -0.4 is 10.6 Å². The Morgan fingerprint density at radius 1 is 0.872 bits per heavy atom. The SMILES string of the molecule is CCc1ccc(C(C(=O)NC(Cc2ccccc2)C(=O)OC(C)(C)C)N(C(=O)C(CCSC)NC(=O)OC(C)(C)C)C2CC2C)cc1. The fourth-order valence-corrected chi connectivity index (χ4v) is 5.81. The quantitative estimate of drug-likeness (QED) is 0.229. The van der Waals surface area contributed by atoms with Crippen molar-refractivity contribution in [3.05, 3.63) is 71.3 Å². The zero-order chi connectivity index (χ0) is 34.9. The summed E-state index contributed by atoms with van der Waals surface area (Å²) in [6.07, 6.45) is 3.34. The van der Waals surface area contributed by atoms with Crippen molar-refractivity contribution < 1.29 is 28.7 Å². The van der Waals surface area contributed by atoms with Crippen LogP contribution >= 0.6 is 11.8 Å². The van der Waals surface area contributed by atoms with Gasteiger partial charge in [0.05, 0.1) is 0 Å². The van der Waals surface area contributed by atoms with Gasteiger partial charge in [-0.1, -0.05) is 68.4 Å². The van der Waals surface area contributed by atoms with Crippen LogP contribution in [0.3, 0.4) is 0 Å². The second kappa shape index (κ2) is 16.5. The summed E-state index contributed by atoms with van der Waals surface area (Å²) in [7, 11) is 0. The molecule has 0 heterocycles. The molecular formula is C37H53N3O6S. The number of hydrogen-bond donors (Lipinski definition) is 2. The molecular weight excluding hydrogens is 614 g/mol. The van der Waals surface area contributed by atoms with E-state index in [0.29, 0.717) is 24.2 Å². The molecule has 1 fully saturated rings. The molecule has 10 heteroatoms. The number of amides is 3. The first-order valence-electron chi connectivity index (χ1n) is 16.5. The highest BCUT2D eigenvalue weighted by Gasteiger charge is 2.48. The maximum Gasteiger partial charge on any atom is 0.408 e. The van der Waals surface area contributed by atoms with E-state index in [9.17, 15) is 19.2 Å². The molecule has 2 N–H and O–H groups in total. The number of rotatable bonds is 14. The largest absolute Gasteiger partial charge is 0.458 e. The van der Waals surface area contributed by atoms with Crippen molar-refractivity contribution >= 4 is 35.6 Å². The van der Waals surface area contributed by atoms with Crippen molar-refractivity contribution in [2.24, 2.45) is 5.92 Å². The van der Waals surface area contributed by atoms with Crippen LogP contribution in [0.5, 0.6) is 0 Å². The molecule has 1 aliphatic rings. The summed E-state index contributed by atoms with van der Waals surface area (Å²) in [4.78, 5) is 57.2. The first-order valence-corrected chi connectivity index (χ1v) is 17.9. The van der Waals surface area contributed by atoms with E-state index in [1.807, 2.05) is 67.8 Å². The van der Waals surface area contributed by atoms with Gasteiger partial charge in [-0.05, 0) is 95.4 Å². The van der Waals surface area contributed by atoms with Crippen molar-refractivity contribution in [3.63, 3.8) is 0 Å². The lowest BCUT2D eigenvalue weighted by molar-refractivity contribution is -0.159. The van der Waals surface area contributed by atoms with Crippen molar-refractivity contribution in [2.45, 2.75) is 116 Å². The normalized spacial score (nSPS) is 17.9. The van der Waals surface area contributed by atoms with Crippen LogP contribution in [0.25, 0.3) is 0 Å². The molecule has 47 heavy (non-hydrogen) atoms. The van der Waals surface area contributed by atoms with E-state index < -0.39 is 47.3 Å². The Kier molecular flexibility index (Phi) is 13.3. The van der Waals surface area contributed by atoms with Gasteiger partial charge in [0.25, 0.3) is 0 Å². The third kappa shape index (κ3) is 11.9. The lowest BCUT2D eigenvalue weighted by atomic mass is 9.98. The van der Waals surface area contributed by atoms with Gasteiger partial charge in [0.15, 0.2) is 0 Å². The van der Waals surface area contributed by atoms with Gasteiger partial charge in [0, 0.05) is 12.5 Å². The van der Waals surface area contributed by atoms with Gasteiger partial charge in [-0.3, -0.25) is 9.59 Å². The summed E-state index contributed by atoms with van der Waals surface area (Å²) >= 11 is 1.56. The average molecular weight is 668 g/mol. The van der Waals surface area contributed by atoms with Crippen LogP contribution in [0.4, 0.5) is 4.79 Å². The molecule has 0 bridgehead atoms. The van der Waals surface area contributed by atoms with Crippen molar-refractivity contribution in [2.75, 3.05) is 12.0 Å². The minimum atomic E-state index is -1.05. The first kappa shape index (κ1) is 37.9. The molecule has 0 aliphatic heterocycles. The number of benzene rings is 2. The van der Waals surface area contributed by atoms with Crippen LogP contribution in [0, 0.1) is 5.92 Å². The van der Waals surface area contributed by atoms with E-state index in [0.717, 1.165) is 17.5 Å². The highest BCUT2D eigenvalue weighted by Crippen LogP contribution is 2.41. The minimum absolute atomic E-state index is 0.151. The van der Waals surface area contributed by atoms with Gasteiger partial charge >= 0.3 is 12.1 Å². The van der Waals surface area contributed by atoms with Crippen molar-refractivity contribution in [3.8, 4) is 0 Å². The van der Waals surface area contributed by atoms with Gasteiger partial charge in [-0.15, -0.1) is 0 Å². The minimum Gasteiger partial charge on any atom is -0.458 e. The maximum atomic E-state index is 14.6. The number of ether oxygens (including phenoxy) is 2. The highest BCUT2D eigenvalue weighted by molar-refractivity contribution is 7.98. The Labute approximate surface area is 284 Å². The number of nitrogens with one attached hydrogen (secondary N) is 2. The second-order valence-electron chi connectivity index (χ2n) is 14.3. The molecule has 3 rings (SSSR count). The Bertz CT molecular complexity index is 1350. The molecule has 5 unspecified atom stereocenters. The second-order valence-corrected chi connectivity index (χ2v) is 15.3. The Balaban J connectivity index is 2.06. The van der Waals surface area contributed by atoms with Crippen LogP contribution in [-0.2, 0) is 36.7 Å². The highest BCUT2D eigenvalue weighted by atomic mass is 32.2. The fourth-order valence-electron chi connectivity index (χ4n) is 5.34. The van der Waals surface area contributed by atoms with Crippen LogP contribution in [0.2, 0.25) is 0 Å². The number of hydrogen-bond acceptors (Lipinski definition) is 7. The van der Waals surface area contributed by atoms with E-state index >= 15 is 0 Å². The Morgan fingerprint density at radius 3 is 1.98 bits per heavy atom. The van der Waals surface area contributed by atoms with E-state index in [-0.39, 0.29) is 24.3 Å². The smallest absolute Gasteiger partial charge is 0.408 e. The Morgan fingerprint density at radius 2 is 1.47 bits per heavy atom. The number of nitrogens with zero attached hydrogens (tertiary/aromatic N) is 1. The summed E-state index contributed by atoms with van der Waals surface area (Å²) in [6.45, 7) is 14.7. The molecule has 1 saturated carbocycles. The number of aryl methyl sites for hydroxylation is 1. The zero-order valence-electron chi connectivity index (χ0n) is 29.4. The molecule has 0 spiro atoms. The monoisotopic (exact) mass is 667 g/mol. The first-order chi connectivity index (χ1) is 22.0. The van der Waals surface area contributed by atoms with Crippen molar-refractivity contribution in [1.82, 2.24) is 15.5 Å². The number of thioether (sulfide) groups is 1. The van der Waals surface area contributed by atoms with E-state index in [1.165, 1.54) is 0 Å². The average Bonchev–Trinajstić information content (AvgIpc) is 3.71. The third-order valence-corrected chi connectivity index (χ3v) is 8.44. The van der Waals surface area contributed by atoms with Gasteiger partial charge in [0.2, 0.25) is 11.8 Å². The van der Waals surface area contributed by atoms with E-state index in [1.54, 1.807) is 58.2 Å². The number of esters is 1. The van der Waals surface area contributed by atoms with Crippen LogP contribution in [-0.4, -0.2) is 70.1 Å². The third-order valence-electron chi connectivity index (χ3n) is 7.80. The molecule has 5 atom stereocenters. The summed E-state index contributed by atoms with van der Waals surface area (Å²) < 4.78 is 11.3. The summed E-state index contributed by atoms with van der Waals surface area (Å²) in [5.41, 5.74) is 1.05. The lowest BCUT2D eigenvalue weighted by Gasteiger charge is -2.36. The summed E-state index contributed by atoms with van der Waals surface area (Å²) in [6, 6.07) is 13.9. The number of alkyl carbamates (subject to hydrolysis) is 1. The van der Waals surface area contributed by atoms with Gasteiger partial charge in [-0.25, -0.2) is 9.59 Å². The van der Waals surface area contributed by atoms with E-state index in [2.05, 4.69) is 17.6 Å². The standard InChI is InChI=1S/C37H53N3O6S/c1-10-25-16-18-27(19-17-25)31(32(41)38-29(34(43)45-36(3,4)5)23-26-14-12-11-13-15-26)40(30-22-24(30)2)33(42)28(20-21-47-9)39-35(44)46-37(6,7)8/h11-19,24,28-31H,10,20-23H2,1-9H3,(H,38,41)(H,39,44). The van der Waals surface area contributed by atoms with Gasteiger partial charge in [-0.2, -0.15) is 11.8 Å². The number of carbonyl (C=O) groups excluding carboxylic acids is 4. The lowest BCUT2D eigenvalue weighted by Crippen LogP contribution is -2.56. The molecule has 0 aromatic heterocycles. The van der Waals surface area contributed by atoms with Crippen molar-refractivity contribution in [1.29, 1.82) is 0 Å². The Hall–Kier alpha value is -3.53. The summed E-state index contributed by atoms with van der Waals surface area (Å²) in [5, 5.41) is 5.77. The fraction of sp³-hybridized carbons (Fsp3) is 0.568. The molecule has 0 saturated heterocycles. The topological polar surface area (TPSA) is 114 Å². The predicted molar refractivity (Wildman–Crippen MR) is 187 cm³/mol. The van der Waals surface area contributed by atoms with Gasteiger partial charge < -0.3 is 25.0 Å². The molecule has 258 valence electrons. The predicted octanol–water partition coefficient (Wildman–Crippen LogP) is 6.24. The molecule has 1 aliphatic carbocycles. The van der Waals surface area contributed by atoms with Gasteiger partial charge in [0.1, 0.15) is 29.3 Å². The molecule has 9 nitrogen and oxygen atoms in total. The zero-order valence-corrected chi connectivity index (χ0v) is 30.2. The molecule has 3 amide bonds. The molecule has 0 radical (unpaired) electrons. The molecule has 2 aromatic rings. The maximum absolute atomic E-state index is 14.6. The van der Waals surface area contributed by atoms with E-state index in [4.69, 9.17) is 9.47 Å². The van der Waals surface area contributed by atoms with Crippen LogP contribution in [0.15, 0.2) is 54.6 Å². The molecule has 2 aromatic carbocycles. The van der Waals surface area contributed by atoms with Crippen LogP contribution in [0.1, 0.15) is 91.0 Å².